The molecule has 1 aromatic rings. The molecule has 0 bridgehead atoms. The molecule has 1 aliphatic rings. The Hall–Kier alpha value is -2.12. The van der Waals surface area contributed by atoms with Crippen LogP contribution < -0.4 is 21.1 Å². The first-order valence-corrected chi connectivity index (χ1v) is 7.88. The van der Waals surface area contributed by atoms with Crippen LogP contribution in [0.4, 0.5) is 0 Å². The predicted octanol–water partition coefficient (Wildman–Crippen LogP) is -0.424. The normalized spacial score (nSPS) is 15.1. The summed E-state index contributed by atoms with van der Waals surface area (Å²) >= 11 is 0. The van der Waals surface area contributed by atoms with Crippen molar-refractivity contribution in [1.29, 1.82) is 0 Å². The molecule has 1 fully saturated rings. The number of carbonyl (C=O) groups excluding carboxylic acids is 2. The number of nitrogens with two attached hydrogens (primary N) is 1. The molecule has 2 rings (SSSR count). The van der Waals surface area contributed by atoms with E-state index in [2.05, 4.69) is 15.5 Å². The number of piperazine rings is 1. The van der Waals surface area contributed by atoms with Crippen LogP contribution in [-0.4, -0.2) is 62.6 Å². The number of hydrogen-bond acceptors (Lipinski definition) is 5. The Labute approximate surface area is 136 Å². The van der Waals surface area contributed by atoms with E-state index in [1.54, 1.807) is 24.3 Å². The minimum absolute atomic E-state index is 0.203. The minimum atomic E-state index is -0.573. The van der Waals surface area contributed by atoms with Crippen molar-refractivity contribution in [1.82, 2.24) is 15.5 Å². The molecule has 0 radical (unpaired) electrons. The van der Waals surface area contributed by atoms with Gasteiger partial charge in [-0.1, -0.05) is 12.1 Å². The van der Waals surface area contributed by atoms with E-state index in [9.17, 15) is 9.59 Å². The molecule has 7 heteroatoms. The fraction of sp³-hybridized carbons (Fsp3) is 0.500. The summed E-state index contributed by atoms with van der Waals surface area (Å²) in [5, 5.41) is 6.20. The summed E-state index contributed by atoms with van der Waals surface area (Å²) in [5.41, 5.74) is 5.47. The number of rotatable bonds is 8. The number of ether oxygens (including phenoxy) is 1. The smallest absolute Gasteiger partial charge is 0.255 e. The Bertz CT molecular complexity index is 530. The Balaban J connectivity index is 1.77. The van der Waals surface area contributed by atoms with Gasteiger partial charge in [0, 0.05) is 32.7 Å². The summed E-state index contributed by atoms with van der Waals surface area (Å²) in [6, 6.07) is 6.82. The van der Waals surface area contributed by atoms with Gasteiger partial charge in [-0.05, 0) is 25.1 Å². The van der Waals surface area contributed by atoms with Crippen molar-refractivity contribution >= 4 is 11.8 Å². The molecule has 23 heavy (non-hydrogen) atoms. The molecule has 0 aromatic heterocycles. The van der Waals surface area contributed by atoms with E-state index in [0.717, 1.165) is 39.1 Å². The van der Waals surface area contributed by atoms with E-state index in [1.807, 2.05) is 0 Å². The third-order valence-electron chi connectivity index (χ3n) is 3.65. The number of nitrogens with zero attached hydrogens (tertiary/aromatic N) is 1. The zero-order chi connectivity index (χ0) is 16.5. The second-order valence-corrected chi connectivity index (χ2v) is 5.45. The lowest BCUT2D eigenvalue weighted by molar-refractivity contribution is -0.119. The Morgan fingerprint density at radius 3 is 2.74 bits per heavy atom. The maximum absolute atomic E-state index is 12.2. The van der Waals surface area contributed by atoms with Crippen LogP contribution in [0.2, 0.25) is 0 Å². The van der Waals surface area contributed by atoms with Gasteiger partial charge >= 0.3 is 0 Å². The summed E-state index contributed by atoms with van der Waals surface area (Å²) in [7, 11) is 0. The number of para-hydroxylation sites is 1. The fourth-order valence-corrected chi connectivity index (χ4v) is 2.46. The topological polar surface area (TPSA) is 96.7 Å². The zero-order valence-electron chi connectivity index (χ0n) is 13.2. The van der Waals surface area contributed by atoms with Gasteiger partial charge in [0.2, 0.25) is 0 Å². The van der Waals surface area contributed by atoms with Gasteiger partial charge in [0.05, 0.1) is 5.56 Å². The third-order valence-corrected chi connectivity index (χ3v) is 3.65. The molecule has 2 amide bonds. The van der Waals surface area contributed by atoms with Gasteiger partial charge in [-0.2, -0.15) is 0 Å². The maximum Gasteiger partial charge on any atom is 0.255 e. The number of primary amides is 1. The summed E-state index contributed by atoms with van der Waals surface area (Å²) in [6.45, 7) is 5.49. The summed E-state index contributed by atoms with van der Waals surface area (Å²) < 4.78 is 5.27. The van der Waals surface area contributed by atoms with Gasteiger partial charge in [0.25, 0.3) is 11.8 Å². The first-order valence-electron chi connectivity index (χ1n) is 7.88. The molecule has 1 saturated heterocycles. The molecule has 1 aromatic carbocycles. The number of benzene rings is 1. The molecule has 126 valence electrons. The summed E-state index contributed by atoms with van der Waals surface area (Å²) in [5.74, 6) is -0.410. The van der Waals surface area contributed by atoms with Gasteiger partial charge in [-0.15, -0.1) is 0 Å². The van der Waals surface area contributed by atoms with E-state index in [-0.39, 0.29) is 12.5 Å². The highest BCUT2D eigenvalue weighted by molar-refractivity contribution is 5.97. The molecule has 1 aliphatic heterocycles. The Morgan fingerprint density at radius 1 is 1.26 bits per heavy atom. The Morgan fingerprint density at radius 2 is 2.00 bits per heavy atom. The molecule has 0 unspecified atom stereocenters. The molecule has 0 aliphatic carbocycles. The quantitative estimate of drug-likeness (QED) is 0.565. The van der Waals surface area contributed by atoms with Gasteiger partial charge in [-0.3, -0.25) is 9.59 Å². The molecule has 1 heterocycles. The van der Waals surface area contributed by atoms with Crippen LogP contribution >= 0.6 is 0 Å². The standard InChI is InChI=1S/C16H24N4O3/c17-15(21)12-23-14-5-2-1-4-13(14)16(22)19-6-3-9-20-10-7-18-8-11-20/h1-2,4-5,18H,3,6-12H2,(H2,17,21)(H,19,22). The zero-order valence-corrected chi connectivity index (χ0v) is 13.2. The lowest BCUT2D eigenvalue weighted by Gasteiger charge is -2.27. The van der Waals surface area contributed by atoms with Crippen molar-refractivity contribution in [3.05, 3.63) is 29.8 Å². The van der Waals surface area contributed by atoms with Crippen molar-refractivity contribution in [3.63, 3.8) is 0 Å². The van der Waals surface area contributed by atoms with Crippen molar-refractivity contribution in [2.75, 3.05) is 45.9 Å². The van der Waals surface area contributed by atoms with E-state index in [0.29, 0.717) is 17.9 Å². The van der Waals surface area contributed by atoms with E-state index in [4.69, 9.17) is 10.5 Å². The van der Waals surface area contributed by atoms with Gasteiger partial charge in [0.15, 0.2) is 6.61 Å². The SMILES string of the molecule is NC(=O)COc1ccccc1C(=O)NCCCN1CCNCC1. The minimum Gasteiger partial charge on any atom is -0.483 e. The molecule has 0 saturated carbocycles. The second kappa shape index (κ2) is 9.12. The molecule has 7 nitrogen and oxygen atoms in total. The average Bonchev–Trinajstić information content (AvgIpc) is 2.58. The van der Waals surface area contributed by atoms with Crippen molar-refractivity contribution < 1.29 is 14.3 Å². The fourth-order valence-electron chi connectivity index (χ4n) is 2.46. The van der Waals surface area contributed by atoms with Gasteiger partial charge < -0.3 is 26.0 Å². The van der Waals surface area contributed by atoms with Crippen LogP contribution in [0, 0.1) is 0 Å². The lowest BCUT2D eigenvalue weighted by Crippen LogP contribution is -2.44. The number of carbonyl (C=O) groups is 2. The van der Waals surface area contributed by atoms with Gasteiger partial charge in [0.1, 0.15) is 5.75 Å². The highest BCUT2D eigenvalue weighted by atomic mass is 16.5. The van der Waals surface area contributed by atoms with Crippen LogP contribution in [0.5, 0.6) is 5.75 Å². The molecule has 0 spiro atoms. The highest BCUT2D eigenvalue weighted by Crippen LogP contribution is 2.17. The van der Waals surface area contributed by atoms with E-state index >= 15 is 0 Å². The largest absolute Gasteiger partial charge is 0.483 e. The monoisotopic (exact) mass is 320 g/mol. The lowest BCUT2D eigenvalue weighted by atomic mass is 10.2. The first-order chi connectivity index (χ1) is 11.2. The molecule has 4 N–H and O–H groups in total. The van der Waals surface area contributed by atoms with Crippen LogP contribution in [-0.2, 0) is 4.79 Å². The average molecular weight is 320 g/mol. The third kappa shape index (κ3) is 5.88. The Kier molecular flexibility index (Phi) is 6.83. The second-order valence-electron chi connectivity index (χ2n) is 5.45. The number of amides is 2. The van der Waals surface area contributed by atoms with E-state index < -0.39 is 5.91 Å². The van der Waals surface area contributed by atoms with Crippen molar-refractivity contribution in [2.45, 2.75) is 6.42 Å². The molecular weight excluding hydrogens is 296 g/mol. The number of hydrogen-bond donors (Lipinski definition) is 3. The van der Waals surface area contributed by atoms with Gasteiger partial charge in [-0.25, -0.2) is 0 Å². The summed E-state index contributed by atoms with van der Waals surface area (Å²) in [6.07, 6.45) is 0.899. The maximum atomic E-state index is 12.2. The molecule has 0 atom stereocenters. The summed E-state index contributed by atoms with van der Waals surface area (Å²) in [4.78, 5) is 25.4. The van der Waals surface area contributed by atoms with Crippen LogP contribution in [0.25, 0.3) is 0 Å². The van der Waals surface area contributed by atoms with Crippen LogP contribution in [0.15, 0.2) is 24.3 Å². The van der Waals surface area contributed by atoms with Crippen LogP contribution in [0.1, 0.15) is 16.8 Å². The highest BCUT2D eigenvalue weighted by Gasteiger charge is 2.13. The van der Waals surface area contributed by atoms with Crippen molar-refractivity contribution in [2.24, 2.45) is 5.73 Å². The van der Waals surface area contributed by atoms with Crippen LogP contribution in [0.3, 0.4) is 0 Å². The number of nitrogens with one attached hydrogen (secondary N) is 2. The molecular formula is C16H24N4O3. The first kappa shape index (κ1) is 17.2. The van der Waals surface area contributed by atoms with E-state index in [1.165, 1.54) is 0 Å². The predicted molar refractivity (Wildman–Crippen MR) is 87.4 cm³/mol. The van der Waals surface area contributed by atoms with Crippen molar-refractivity contribution in [3.8, 4) is 5.75 Å².